The van der Waals surface area contributed by atoms with Gasteiger partial charge in [-0.1, -0.05) is 50.4 Å². The SMILES string of the molecule is CCCCN(CCC(=O)Nc1cc(Cl)ccc1Cl)c1c(N)n(CC(C)C)c(=O)[nH]c1=O. The minimum atomic E-state index is -0.558. The molecular weight excluding hydrogens is 441 g/mol. The van der Waals surface area contributed by atoms with Gasteiger partial charge in [-0.05, 0) is 30.5 Å². The molecule has 0 aliphatic heterocycles. The van der Waals surface area contributed by atoms with Crippen molar-refractivity contribution >= 4 is 46.3 Å². The number of hydrogen-bond donors (Lipinski definition) is 3. The number of nitrogen functional groups attached to an aromatic ring is 1. The summed E-state index contributed by atoms with van der Waals surface area (Å²) in [5.74, 6) is -0.0101. The van der Waals surface area contributed by atoms with E-state index in [1.165, 1.54) is 4.57 Å². The number of hydrogen-bond acceptors (Lipinski definition) is 5. The van der Waals surface area contributed by atoms with Gasteiger partial charge in [0.25, 0.3) is 5.56 Å². The van der Waals surface area contributed by atoms with E-state index >= 15 is 0 Å². The van der Waals surface area contributed by atoms with Crippen LogP contribution in [0.5, 0.6) is 0 Å². The van der Waals surface area contributed by atoms with Crippen molar-refractivity contribution in [3.8, 4) is 0 Å². The highest BCUT2D eigenvalue weighted by Crippen LogP contribution is 2.25. The number of aromatic amines is 1. The van der Waals surface area contributed by atoms with Gasteiger partial charge in [0.05, 0.1) is 10.7 Å². The summed E-state index contributed by atoms with van der Waals surface area (Å²) in [7, 11) is 0. The largest absolute Gasteiger partial charge is 0.383 e. The van der Waals surface area contributed by atoms with Gasteiger partial charge in [-0.3, -0.25) is 19.1 Å². The Kier molecular flexibility index (Phi) is 9.00. The number of amides is 1. The van der Waals surface area contributed by atoms with E-state index < -0.39 is 11.2 Å². The molecule has 170 valence electrons. The molecule has 1 heterocycles. The number of anilines is 3. The highest BCUT2D eigenvalue weighted by atomic mass is 35.5. The van der Waals surface area contributed by atoms with Crippen molar-refractivity contribution in [3.63, 3.8) is 0 Å². The lowest BCUT2D eigenvalue weighted by molar-refractivity contribution is -0.116. The highest BCUT2D eigenvalue weighted by Gasteiger charge is 2.20. The van der Waals surface area contributed by atoms with Crippen LogP contribution in [0.2, 0.25) is 10.0 Å². The van der Waals surface area contributed by atoms with Crippen molar-refractivity contribution in [3.05, 3.63) is 49.1 Å². The van der Waals surface area contributed by atoms with Crippen LogP contribution in [0.15, 0.2) is 27.8 Å². The van der Waals surface area contributed by atoms with Gasteiger partial charge in [-0.25, -0.2) is 4.79 Å². The Morgan fingerprint density at radius 2 is 1.97 bits per heavy atom. The number of H-pyrrole nitrogens is 1. The first-order chi connectivity index (χ1) is 14.6. The number of aromatic nitrogens is 2. The molecule has 0 spiro atoms. The molecule has 0 aliphatic rings. The molecule has 0 fully saturated rings. The monoisotopic (exact) mass is 469 g/mol. The zero-order valence-corrected chi connectivity index (χ0v) is 19.5. The summed E-state index contributed by atoms with van der Waals surface area (Å²) in [5.41, 5.74) is 5.77. The summed E-state index contributed by atoms with van der Waals surface area (Å²) < 4.78 is 1.37. The Morgan fingerprint density at radius 3 is 2.61 bits per heavy atom. The fourth-order valence-corrected chi connectivity index (χ4v) is 3.49. The van der Waals surface area contributed by atoms with Crippen molar-refractivity contribution in [1.29, 1.82) is 0 Å². The van der Waals surface area contributed by atoms with E-state index in [0.29, 0.717) is 28.8 Å². The van der Waals surface area contributed by atoms with Crippen LogP contribution in [-0.2, 0) is 11.3 Å². The number of nitrogens with zero attached hydrogens (tertiary/aromatic N) is 2. The maximum Gasteiger partial charge on any atom is 0.330 e. The van der Waals surface area contributed by atoms with Crippen molar-refractivity contribution in [2.45, 2.75) is 46.6 Å². The second-order valence-corrected chi connectivity index (χ2v) is 8.60. The number of carbonyl (C=O) groups is 1. The van der Waals surface area contributed by atoms with Crippen LogP contribution in [0.25, 0.3) is 0 Å². The Labute approximate surface area is 191 Å². The van der Waals surface area contributed by atoms with E-state index in [4.69, 9.17) is 28.9 Å². The number of benzene rings is 1. The van der Waals surface area contributed by atoms with Gasteiger partial charge in [-0.15, -0.1) is 0 Å². The van der Waals surface area contributed by atoms with Crippen LogP contribution in [0, 0.1) is 5.92 Å². The van der Waals surface area contributed by atoms with Gasteiger partial charge in [0.1, 0.15) is 11.5 Å². The van der Waals surface area contributed by atoms with Crippen LogP contribution in [0.3, 0.4) is 0 Å². The van der Waals surface area contributed by atoms with Gasteiger partial charge in [0.2, 0.25) is 5.91 Å². The fourth-order valence-electron chi connectivity index (χ4n) is 3.16. The van der Waals surface area contributed by atoms with Crippen molar-refractivity contribution in [2.24, 2.45) is 5.92 Å². The summed E-state index contributed by atoms with van der Waals surface area (Å²) in [6.07, 6.45) is 1.78. The third-order valence-electron chi connectivity index (χ3n) is 4.67. The van der Waals surface area contributed by atoms with E-state index in [-0.39, 0.29) is 36.3 Å². The summed E-state index contributed by atoms with van der Waals surface area (Å²) in [5, 5.41) is 3.57. The Hall–Kier alpha value is -2.45. The van der Waals surface area contributed by atoms with E-state index in [1.807, 2.05) is 20.8 Å². The minimum Gasteiger partial charge on any atom is -0.383 e. The summed E-state index contributed by atoms with van der Waals surface area (Å²) in [4.78, 5) is 41.4. The van der Waals surface area contributed by atoms with E-state index in [9.17, 15) is 14.4 Å². The molecule has 0 saturated heterocycles. The third kappa shape index (κ3) is 6.77. The molecule has 0 aliphatic carbocycles. The molecule has 1 aromatic heterocycles. The topological polar surface area (TPSA) is 113 Å². The van der Waals surface area contributed by atoms with Crippen molar-refractivity contribution in [1.82, 2.24) is 9.55 Å². The average molecular weight is 470 g/mol. The van der Waals surface area contributed by atoms with Gasteiger partial charge in [0, 0.05) is 31.1 Å². The summed E-state index contributed by atoms with van der Waals surface area (Å²) in [6.45, 7) is 7.09. The van der Waals surface area contributed by atoms with Gasteiger partial charge >= 0.3 is 5.69 Å². The van der Waals surface area contributed by atoms with Gasteiger partial charge in [-0.2, -0.15) is 0 Å². The molecule has 0 radical (unpaired) electrons. The smallest absolute Gasteiger partial charge is 0.330 e. The molecule has 4 N–H and O–H groups in total. The molecular formula is C21H29Cl2N5O3. The summed E-state index contributed by atoms with van der Waals surface area (Å²) in [6, 6.07) is 4.81. The molecule has 31 heavy (non-hydrogen) atoms. The van der Waals surface area contributed by atoms with Crippen LogP contribution in [0.1, 0.15) is 40.0 Å². The Balaban J connectivity index is 2.26. The lowest BCUT2D eigenvalue weighted by Gasteiger charge is -2.26. The maximum absolute atomic E-state index is 12.6. The van der Waals surface area contributed by atoms with E-state index in [0.717, 1.165) is 12.8 Å². The highest BCUT2D eigenvalue weighted by molar-refractivity contribution is 6.35. The second kappa shape index (κ2) is 11.2. The van der Waals surface area contributed by atoms with Crippen LogP contribution < -0.4 is 27.2 Å². The molecule has 1 amide bonds. The predicted molar refractivity (Wildman–Crippen MR) is 127 cm³/mol. The average Bonchev–Trinajstić information content (AvgIpc) is 2.69. The first kappa shape index (κ1) is 24.8. The number of halogens is 2. The first-order valence-electron chi connectivity index (χ1n) is 10.3. The normalized spacial score (nSPS) is 11.0. The molecule has 2 rings (SSSR count). The molecule has 10 heteroatoms. The van der Waals surface area contributed by atoms with Gasteiger partial charge < -0.3 is 16.0 Å². The van der Waals surface area contributed by atoms with Crippen LogP contribution in [0.4, 0.5) is 17.2 Å². The number of unbranched alkanes of at least 4 members (excludes halogenated alkanes) is 1. The fraction of sp³-hybridized carbons (Fsp3) is 0.476. The zero-order valence-electron chi connectivity index (χ0n) is 18.0. The van der Waals surface area contributed by atoms with Crippen molar-refractivity contribution < 1.29 is 4.79 Å². The number of rotatable bonds is 10. The standard InChI is InChI=1S/C21H29Cl2N5O3/c1-4-5-9-27(10-8-17(29)25-16-11-14(22)6-7-15(16)23)18-19(24)28(12-13(2)3)21(31)26-20(18)30/h6-7,11,13H,4-5,8-10,12,24H2,1-3H3,(H,25,29)(H,26,30,31). The molecule has 0 bridgehead atoms. The van der Waals surface area contributed by atoms with E-state index in [1.54, 1.807) is 23.1 Å². The molecule has 1 aromatic carbocycles. The van der Waals surface area contributed by atoms with Gasteiger partial charge in [0.15, 0.2) is 0 Å². The summed E-state index contributed by atoms with van der Waals surface area (Å²) >= 11 is 12.1. The predicted octanol–water partition coefficient (Wildman–Crippen LogP) is 3.72. The third-order valence-corrected chi connectivity index (χ3v) is 5.24. The molecule has 0 unspecified atom stereocenters. The maximum atomic E-state index is 12.6. The Bertz CT molecular complexity index is 1030. The second-order valence-electron chi connectivity index (χ2n) is 7.76. The lowest BCUT2D eigenvalue weighted by Crippen LogP contribution is -2.40. The quantitative estimate of drug-likeness (QED) is 0.490. The molecule has 2 aromatic rings. The Morgan fingerprint density at radius 1 is 1.26 bits per heavy atom. The zero-order chi connectivity index (χ0) is 23.1. The minimum absolute atomic E-state index is 0.0920. The van der Waals surface area contributed by atoms with Crippen molar-refractivity contribution in [2.75, 3.05) is 29.0 Å². The number of nitrogens with two attached hydrogens (primary N) is 1. The molecule has 0 atom stereocenters. The van der Waals surface area contributed by atoms with Crippen LogP contribution in [-0.4, -0.2) is 28.5 Å². The molecule has 8 nitrogen and oxygen atoms in total. The number of carbonyl (C=O) groups excluding carboxylic acids is 1. The first-order valence-corrected chi connectivity index (χ1v) is 11.0. The van der Waals surface area contributed by atoms with Crippen LogP contribution >= 0.6 is 23.2 Å². The number of nitrogens with one attached hydrogen (secondary N) is 2. The lowest BCUT2D eigenvalue weighted by atomic mass is 10.2. The molecule has 0 saturated carbocycles. The van der Waals surface area contributed by atoms with E-state index in [2.05, 4.69) is 10.3 Å².